The van der Waals surface area contributed by atoms with E-state index in [-0.39, 0.29) is 12.1 Å². The van der Waals surface area contributed by atoms with Crippen LogP contribution in [0.15, 0.2) is 30.5 Å². The van der Waals surface area contributed by atoms with Gasteiger partial charge in [-0.2, -0.15) is 0 Å². The zero-order valence-corrected chi connectivity index (χ0v) is 18.0. The van der Waals surface area contributed by atoms with Crippen LogP contribution in [0.5, 0.6) is 17.2 Å². The highest BCUT2D eigenvalue weighted by molar-refractivity contribution is 5.74. The van der Waals surface area contributed by atoms with Crippen molar-refractivity contribution in [2.24, 2.45) is 0 Å². The monoisotopic (exact) mass is 414 g/mol. The minimum absolute atomic E-state index is 0.253. The third-order valence-corrected chi connectivity index (χ3v) is 5.23. The van der Waals surface area contributed by atoms with Crippen LogP contribution in [0.1, 0.15) is 36.9 Å². The lowest BCUT2D eigenvalue weighted by molar-refractivity contribution is 0.237. The molecule has 8 nitrogen and oxygen atoms in total. The number of benzene rings is 1. The fraction of sp³-hybridized carbons (Fsp3) is 0.455. The SMILES string of the molecule is COc1cc(C(C)NC(=O)NCc2ccnc(N3CCCC3)c2)cc(OC)c1OC. The van der Waals surface area contributed by atoms with Gasteiger partial charge in [-0.1, -0.05) is 0 Å². The van der Waals surface area contributed by atoms with Crippen LogP contribution >= 0.6 is 0 Å². The van der Waals surface area contributed by atoms with Gasteiger partial charge in [-0.05, 0) is 55.2 Å². The van der Waals surface area contributed by atoms with Crippen LogP contribution in [0.25, 0.3) is 0 Å². The second-order valence-electron chi connectivity index (χ2n) is 7.22. The number of nitrogens with one attached hydrogen (secondary N) is 2. The van der Waals surface area contributed by atoms with Crippen LogP contribution in [0.2, 0.25) is 0 Å². The molecule has 30 heavy (non-hydrogen) atoms. The van der Waals surface area contributed by atoms with E-state index in [9.17, 15) is 4.79 Å². The quantitative estimate of drug-likeness (QED) is 0.690. The number of aromatic nitrogens is 1. The van der Waals surface area contributed by atoms with Crippen LogP contribution in [0.4, 0.5) is 10.6 Å². The molecule has 1 unspecified atom stereocenters. The molecule has 162 valence electrons. The highest BCUT2D eigenvalue weighted by Crippen LogP contribution is 2.39. The van der Waals surface area contributed by atoms with E-state index < -0.39 is 0 Å². The van der Waals surface area contributed by atoms with Crippen molar-refractivity contribution in [2.75, 3.05) is 39.3 Å². The van der Waals surface area contributed by atoms with Gasteiger partial charge in [-0.15, -0.1) is 0 Å². The lowest BCUT2D eigenvalue weighted by Gasteiger charge is -2.19. The lowest BCUT2D eigenvalue weighted by atomic mass is 10.1. The number of hydrogen-bond acceptors (Lipinski definition) is 6. The number of nitrogens with zero attached hydrogens (tertiary/aromatic N) is 2. The molecule has 1 aromatic carbocycles. The molecule has 0 radical (unpaired) electrons. The summed E-state index contributed by atoms with van der Waals surface area (Å²) in [6, 6.07) is 7.11. The number of urea groups is 1. The Balaban J connectivity index is 1.60. The van der Waals surface area contributed by atoms with Crippen molar-refractivity contribution in [1.29, 1.82) is 0 Å². The number of methoxy groups -OCH3 is 3. The molecule has 2 heterocycles. The Kier molecular flexibility index (Phi) is 7.21. The summed E-state index contributed by atoms with van der Waals surface area (Å²) in [6.07, 6.45) is 4.19. The molecule has 1 aromatic heterocycles. The average Bonchev–Trinajstić information content (AvgIpc) is 3.31. The van der Waals surface area contributed by atoms with Crippen LogP contribution in [-0.2, 0) is 6.54 Å². The summed E-state index contributed by atoms with van der Waals surface area (Å²) in [5, 5.41) is 5.86. The van der Waals surface area contributed by atoms with Crippen molar-refractivity contribution in [3.63, 3.8) is 0 Å². The predicted molar refractivity (Wildman–Crippen MR) is 116 cm³/mol. The van der Waals surface area contributed by atoms with Crippen molar-refractivity contribution >= 4 is 11.8 Å². The normalized spacial score (nSPS) is 14.2. The molecular formula is C22H30N4O4. The first kappa shape index (κ1) is 21.5. The average molecular weight is 415 g/mol. The van der Waals surface area contributed by atoms with Gasteiger partial charge in [0.1, 0.15) is 5.82 Å². The maximum Gasteiger partial charge on any atom is 0.315 e. The van der Waals surface area contributed by atoms with E-state index in [4.69, 9.17) is 14.2 Å². The van der Waals surface area contributed by atoms with E-state index in [2.05, 4.69) is 20.5 Å². The second kappa shape index (κ2) is 10.0. The number of amides is 2. The van der Waals surface area contributed by atoms with E-state index in [1.54, 1.807) is 27.5 Å². The Labute approximate surface area is 177 Å². The van der Waals surface area contributed by atoms with Gasteiger partial charge in [-0.25, -0.2) is 9.78 Å². The Morgan fingerprint density at radius 2 is 1.77 bits per heavy atom. The first-order valence-electron chi connectivity index (χ1n) is 10.1. The van der Waals surface area contributed by atoms with Crippen LogP contribution in [0.3, 0.4) is 0 Å². The zero-order chi connectivity index (χ0) is 21.5. The smallest absolute Gasteiger partial charge is 0.315 e. The highest BCUT2D eigenvalue weighted by atomic mass is 16.5. The standard InChI is InChI=1S/C22H30N4O4/c1-15(17-12-18(28-2)21(30-4)19(13-17)29-3)25-22(27)24-14-16-7-8-23-20(11-16)26-9-5-6-10-26/h7-8,11-13,15H,5-6,9-10,14H2,1-4H3,(H2,24,25,27). The van der Waals surface area contributed by atoms with Gasteiger partial charge in [0.05, 0.1) is 27.4 Å². The van der Waals surface area contributed by atoms with Crippen molar-refractivity contribution < 1.29 is 19.0 Å². The summed E-state index contributed by atoms with van der Waals surface area (Å²) in [5.74, 6) is 2.59. The van der Waals surface area contributed by atoms with Crippen LogP contribution in [-0.4, -0.2) is 45.4 Å². The number of carbonyl (C=O) groups excluding carboxylic acids is 1. The number of pyridine rings is 1. The lowest BCUT2D eigenvalue weighted by Crippen LogP contribution is -2.36. The molecule has 3 rings (SSSR count). The summed E-state index contributed by atoms with van der Waals surface area (Å²) in [4.78, 5) is 19.2. The van der Waals surface area contributed by atoms with Gasteiger partial charge >= 0.3 is 6.03 Å². The fourth-order valence-corrected chi connectivity index (χ4v) is 3.55. The van der Waals surface area contributed by atoms with Gasteiger partial charge in [-0.3, -0.25) is 0 Å². The van der Waals surface area contributed by atoms with Gasteiger partial charge in [0.15, 0.2) is 11.5 Å². The number of anilines is 1. The van der Waals surface area contributed by atoms with Crippen LogP contribution in [0, 0.1) is 0 Å². The molecule has 8 heteroatoms. The maximum atomic E-state index is 12.4. The van der Waals surface area contributed by atoms with Gasteiger partial charge < -0.3 is 29.7 Å². The Bertz CT molecular complexity index is 843. The van der Waals surface area contributed by atoms with E-state index in [0.717, 1.165) is 30.0 Å². The molecule has 2 aromatic rings. The molecule has 1 atom stereocenters. The molecule has 0 saturated carbocycles. The molecule has 2 amide bonds. The Morgan fingerprint density at radius 1 is 1.10 bits per heavy atom. The van der Waals surface area contributed by atoms with Crippen molar-refractivity contribution in [3.8, 4) is 17.2 Å². The van der Waals surface area contributed by atoms with Crippen molar-refractivity contribution in [1.82, 2.24) is 15.6 Å². The summed E-state index contributed by atoms with van der Waals surface area (Å²) < 4.78 is 16.1. The van der Waals surface area contributed by atoms with E-state index in [1.165, 1.54) is 12.8 Å². The second-order valence-corrected chi connectivity index (χ2v) is 7.22. The minimum Gasteiger partial charge on any atom is -0.493 e. The fourth-order valence-electron chi connectivity index (χ4n) is 3.55. The minimum atomic E-state index is -0.254. The third-order valence-electron chi connectivity index (χ3n) is 5.23. The predicted octanol–water partition coefficient (Wildman–Crippen LogP) is 3.27. The van der Waals surface area contributed by atoms with Crippen molar-refractivity contribution in [3.05, 3.63) is 41.6 Å². The summed E-state index contributed by atoms with van der Waals surface area (Å²) in [7, 11) is 4.69. The number of carbonyl (C=O) groups is 1. The molecule has 0 bridgehead atoms. The molecule has 1 aliphatic heterocycles. The summed E-state index contributed by atoms with van der Waals surface area (Å²) in [5.41, 5.74) is 1.86. The number of ether oxygens (including phenoxy) is 3. The van der Waals surface area contributed by atoms with Crippen LogP contribution < -0.4 is 29.7 Å². The number of rotatable bonds is 8. The first-order chi connectivity index (χ1) is 14.5. The topological polar surface area (TPSA) is 85.0 Å². The van der Waals surface area contributed by atoms with E-state index in [1.807, 2.05) is 31.2 Å². The summed E-state index contributed by atoms with van der Waals surface area (Å²) in [6.45, 7) is 4.41. The Morgan fingerprint density at radius 3 is 2.37 bits per heavy atom. The molecule has 2 N–H and O–H groups in total. The third kappa shape index (κ3) is 5.06. The Hall–Kier alpha value is -3.16. The number of hydrogen-bond donors (Lipinski definition) is 2. The van der Waals surface area contributed by atoms with Gasteiger partial charge in [0, 0.05) is 25.8 Å². The highest BCUT2D eigenvalue weighted by Gasteiger charge is 2.18. The zero-order valence-electron chi connectivity index (χ0n) is 18.0. The largest absolute Gasteiger partial charge is 0.493 e. The molecular weight excluding hydrogens is 384 g/mol. The van der Waals surface area contributed by atoms with Gasteiger partial charge in [0.25, 0.3) is 0 Å². The molecule has 1 saturated heterocycles. The molecule has 0 spiro atoms. The molecule has 1 aliphatic rings. The maximum absolute atomic E-state index is 12.4. The van der Waals surface area contributed by atoms with Gasteiger partial charge in [0.2, 0.25) is 5.75 Å². The molecule has 1 fully saturated rings. The van der Waals surface area contributed by atoms with Crippen molar-refractivity contribution in [2.45, 2.75) is 32.4 Å². The van der Waals surface area contributed by atoms with E-state index >= 15 is 0 Å². The first-order valence-corrected chi connectivity index (χ1v) is 10.1. The van der Waals surface area contributed by atoms with E-state index in [0.29, 0.717) is 23.8 Å². The molecule has 0 aliphatic carbocycles. The summed E-state index contributed by atoms with van der Waals surface area (Å²) >= 11 is 0.